The fraction of sp³-hybridized carbons (Fsp3) is 0.182. The highest BCUT2D eigenvalue weighted by atomic mass is 32.1. The van der Waals surface area contributed by atoms with E-state index in [2.05, 4.69) is 18.4 Å². The highest BCUT2D eigenvalue weighted by Gasteiger charge is 2.18. The van der Waals surface area contributed by atoms with Gasteiger partial charge in [0.25, 0.3) is 0 Å². The lowest BCUT2D eigenvalue weighted by molar-refractivity contribution is 0.0994. The largest absolute Gasteiger partial charge is 0.330 e. The Hall–Kier alpha value is -2.72. The van der Waals surface area contributed by atoms with Crippen LogP contribution in [0, 0.1) is 0 Å². The molecule has 0 aliphatic rings. The number of carbonyl (C=O) groups is 1. The second kappa shape index (κ2) is 6.89. The number of Topliss-reactive ketones (excluding diaryl/α,β-unsaturated/α-hetero) is 1. The number of carbonyl (C=O) groups excluding carboxylic acids is 1. The zero-order valence-electron chi connectivity index (χ0n) is 14.8. The Morgan fingerprint density at radius 3 is 2.62 bits per heavy atom. The van der Waals surface area contributed by atoms with Gasteiger partial charge in [0.15, 0.2) is 5.78 Å². The van der Waals surface area contributed by atoms with Crippen LogP contribution in [0.25, 0.3) is 21.6 Å². The number of aromatic nitrogens is 2. The lowest BCUT2D eigenvalue weighted by atomic mass is 10.0. The van der Waals surface area contributed by atoms with E-state index in [0.29, 0.717) is 6.42 Å². The van der Waals surface area contributed by atoms with Crippen molar-refractivity contribution < 1.29 is 4.79 Å². The van der Waals surface area contributed by atoms with E-state index in [1.807, 2.05) is 66.2 Å². The monoisotopic (exact) mass is 360 g/mol. The second-order valence-electron chi connectivity index (χ2n) is 6.67. The van der Waals surface area contributed by atoms with E-state index >= 15 is 0 Å². The highest BCUT2D eigenvalue weighted by Crippen LogP contribution is 2.30. The van der Waals surface area contributed by atoms with Crippen LogP contribution < -0.4 is 0 Å². The minimum Gasteiger partial charge on any atom is -0.330 e. The van der Waals surface area contributed by atoms with Crippen molar-refractivity contribution in [3.8, 4) is 10.6 Å². The summed E-state index contributed by atoms with van der Waals surface area (Å²) in [7, 11) is 0. The topological polar surface area (TPSA) is 34.9 Å². The highest BCUT2D eigenvalue weighted by molar-refractivity contribution is 7.13. The molecule has 0 atom stereocenters. The number of fused-ring (bicyclic) bond motifs is 1. The van der Waals surface area contributed by atoms with Crippen molar-refractivity contribution in [2.75, 3.05) is 0 Å². The third-order valence-electron chi connectivity index (χ3n) is 4.52. The van der Waals surface area contributed by atoms with E-state index in [-0.39, 0.29) is 11.8 Å². The number of benzene rings is 1. The Bertz CT molecular complexity index is 1050. The lowest BCUT2D eigenvalue weighted by Gasteiger charge is -2.11. The van der Waals surface area contributed by atoms with E-state index in [0.717, 1.165) is 32.7 Å². The molecule has 0 spiro atoms. The number of thiophene rings is 1. The summed E-state index contributed by atoms with van der Waals surface area (Å²) in [5, 5.41) is 2.97. The summed E-state index contributed by atoms with van der Waals surface area (Å²) >= 11 is 1.64. The zero-order valence-corrected chi connectivity index (χ0v) is 15.7. The summed E-state index contributed by atoms with van der Waals surface area (Å²) in [5.74, 6) is 0.128. The van der Waals surface area contributed by atoms with Crippen molar-refractivity contribution in [1.82, 2.24) is 9.55 Å². The third-order valence-corrected chi connectivity index (χ3v) is 5.42. The lowest BCUT2D eigenvalue weighted by Crippen LogP contribution is -2.07. The van der Waals surface area contributed by atoms with Gasteiger partial charge in [-0.3, -0.25) is 4.79 Å². The fourth-order valence-corrected chi connectivity index (χ4v) is 3.89. The smallest absolute Gasteiger partial charge is 0.168 e. The molecule has 0 bridgehead atoms. The van der Waals surface area contributed by atoms with Gasteiger partial charge in [0.05, 0.1) is 10.6 Å². The molecule has 130 valence electrons. The van der Waals surface area contributed by atoms with Crippen molar-refractivity contribution in [2.24, 2.45) is 0 Å². The van der Waals surface area contributed by atoms with Gasteiger partial charge in [-0.2, -0.15) is 0 Å². The van der Waals surface area contributed by atoms with E-state index in [1.165, 1.54) is 0 Å². The maximum absolute atomic E-state index is 13.1. The quantitative estimate of drug-likeness (QED) is 0.423. The van der Waals surface area contributed by atoms with Crippen molar-refractivity contribution in [2.45, 2.75) is 26.3 Å². The number of hydrogen-bond acceptors (Lipinski definition) is 3. The summed E-state index contributed by atoms with van der Waals surface area (Å²) in [6, 6.07) is 18.2. The fourth-order valence-electron chi connectivity index (χ4n) is 3.20. The van der Waals surface area contributed by atoms with Crippen LogP contribution in [0.3, 0.4) is 0 Å². The molecular formula is C22H20N2OS. The van der Waals surface area contributed by atoms with Gasteiger partial charge in [0, 0.05) is 29.6 Å². The molecule has 3 aromatic heterocycles. The van der Waals surface area contributed by atoms with Gasteiger partial charge >= 0.3 is 0 Å². The predicted molar refractivity (Wildman–Crippen MR) is 108 cm³/mol. The van der Waals surface area contributed by atoms with Gasteiger partial charge in [-0.1, -0.05) is 36.4 Å². The van der Waals surface area contributed by atoms with Crippen molar-refractivity contribution in [3.63, 3.8) is 0 Å². The van der Waals surface area contributed by atoms with E-state index in [9.17, 15) is 4.79 Å². The predicted octanol–water partition coefficient (Wildman–Crippen LogP) is 5.77. The Labute approximate surface area is 156 Å². The van der Waals surface area contributed by atoms with Gasteiger partial charge in [-0.15, -0.1) is 11.3 Å². The standard InChI is InChI=1S/C22H20N2OS/c1-15(2)24-11-10-17-18(20(25)13-16-7-4-3-5-8-16)14-19(23-22(17)24)21-9-6-12-26-21/h3-12,14-15H,13H2,1-2H3. The van der Waals surface area contributed by atoms with Crippen LogP contribution in [0.5, 0.6) is 0 Å². The molecule has 26 heavy (non-hydrogen) atoms. The Morgan fingerprint density at radius 2 is 1.92 bits per heavy atom. The van der Waals surface area contributed by atoms with Gasteiger partial charge in [0.1, 0.15) is 5.65 Å². The van der Waals surface area contributed by atoms with Gasteiger partial charge in [-0.05, 0) is 43.0 Å². The van der Waals surface area contributed by atoms with Gasteiger partial charge in [0.2, 0.25) is 0 Å². The average molecular weight is 360 g/mol. The van der Waals surface area contributed by atoms with Crippen LogP contribution in [0.15, 0.2) is 66.2 Å². The molecule has 4 rings (SSSR count). The molecule has 3 heterocycles. The molecule has 3 nitrogen and oxygen atoms in total. The van der Waals surface area contributed by atoms with Crippen molar-refractivity contribution in [1.29, 1.82) is 0 Å². The van der Waals surface area contributed by atoms with Crippen molar-refractivity contribution >= 4 is 28.2 Å². The van der Waals surface area contributed by atoms with E-state index in [1.54, 1.807) is 11.3 Å². The molecule has 0 N–H and O–H groups in total. The SMILES string of the molecule is CC(C)n1ccc2c(C(=O)Cc3ccccc3)cc(-c3cccs3)nc21. The van der Waals surface area contributed by atoms with Crippen LogP contribution in [-0.4, -0.2) is 15.3 Å². The molecule has 4 aromatic rings. The number of hydrogen-bond donors (Lipinski definition) is 0. The molecular weight excluding hydrogens is 340 g/mol. The normalized spacial score (nSPS) is 11.3. The first kappa shape index (κ1) is 16.7. The number of nitrogens with zero attached hydrogens (tertiary/aromatic N) is 2. The molecule has 0 aliphatic carbocycles. The summed E-state index contributed by atoms with van der Waals surface area (Å²) in [5.41, 5.74) is 3.52. The molecule has 0 fully saturated rings. The summed E-state index contributed by atoms with van der Waals surface area (Å²) in [4.78, 5) is 19.0. The van der Waals surface area contributed by atoms with Gasteiger partial charge in [-0.25, -0.2) is 4.98 Å². The molecule has 0 radical (unpaired) electrons. The number of rotatable bonds is 5. The molecule has 1 aromatic carbocycles. The Morgan fingerprint density at radius 1 is 1.12 bits per heavy atom. The maximum atomic E-state index is 13.1. The zero-order chi connectivity index (χ0) is 18.1. The minimum absolute atomic E-state index is 0.128. The molecule has 0 unspecified atom stereocenters. The minimum atomic E-state index is 0.128. The first-order chi connectivity index (χ1) is 12.6. The first-order valence-corrected chi connectivity index (χ1v) is 9.64. The molecule has 0 amide bonds. The van der Waals surface area contributed by atoms with Crippen molar-refractivity contribution in [3.05, 3.63) is 77.3 Å². The second-order valence-corrected chi connectivity index (χ2v) is 7.62. The van der Waals surface area contributed by atoms with E-state index in [4.69, 9.17) is 4.98 Å². The molecule has 0 aliphatic heterocycles. The average Bonchev–Trinajstić information content (AvgIpc) is 3.31. The van der Waals surface area contributed by atoms with Gasteiger partial charge < -0.3 is 4.57 Å². The Kier molecular flexibility index (Phi) is 4.43. The number of ketones is 1. The summed E-state index contributed by atoms with van der Waals surface area (Å²) in [6.45, 7) is 4.26. The van der Waals surface area contributed by atoms with Crippen LogP contribution in [0.2, 0.25) is 0 Å². The summed E-state index contributed by atoms with van der Waals surface area (Å²) in [6.07, 6.45) is 2.43. The number of pyridine rings is 1. The Balaban J connectivity index is 1.85. The summed E-state index contributed by atoms with van der Waals surface area (Å²) < 4.78 is 2.13. The first-order valence-electron chi connectivity index (χ1n) is 8.76. The van der Waals surface area contributed by atoms with Crippen LogP contribution in [0.4, 0.5) is 0 Å². The third kappa shape index (κ3) is 3.08. The van der Waals surface area contributed by atoms with Crippen LogP contribution >= 0.6 is 11.3 Å². The molecule has 0 saturated heterocycles. The van der Waals surface area contributed by atoms with Crippen LogP contribution in [-0.2, 0) is 6.42 Å². The maximum Gasteiger partial charge on any atom is 0.168 e. The molecule has 4 heteroatoms. The molecule has 0 saturated carbocycles. The van der Waals surface area contributed by atoms with Crippen LogP contribution in [0.1, 0.15) is 35.8 Å². The van der Waals surface area contributed by atoms with E-state index < -0.39 is 0 Å².